The molecule has 0 unspecified atom stereocenters. The van der Waals surface area contributed by atoms with Crippen molar-refractivity contribution < 1.29 is 9.53 Å². The first-order valence-corrected chi connectivity index (χ1v) is 7.67. The lowest BCUT2D eigenvalue weighted by molar-refractivity contribution is -0.114. The van der Waals surface area contributed by atoms with Crippen LogP contribution in [0.5, 0.6) is 5.75 Å². The molecule has 4 heteroatoms. The van der Waals surface area contributed by atoms with Crippen LogP contribution in [0.25, 0.3) is 0 Å². The number of amides is 1. The molecule has 0 atom stereocenters. The number of hydrogen-bond acceptors (Lipinski definition) is 3. The Morgan fingerprint density at radius 2 is 1.83 bits per heavy atom. The largest absolute Gasteiger partial charge is 0.497 e. The van der Waals surface area contributed by atoms with Gasteiger partial charge in [-0.15, -0.1) is 0 Å². The fourth-order valence-electron chi connectivity index (χ4n) is 2.37. The Bertz CT molecular complexity index is 675. The van der Waals surface area contributed by atoms with Crippen molar-refractivity contribution in [3.63, 3.8) is 0 Å². The smallest absolute Gasteiger partial charge is 0.243 e. The molecule has 0 saturated heterocycles. The molecule has 0 aliphatic heterocycles. The summed E-state index contributed by atoms with van der Waals surface area (Å²) in [5.74, 6) is 0.621. The van der Waals surface area contributed by atoms with Crippen molar-refractivity contribution in [3.8, 4) is 5.75 Å². The number of ether oxygens (including phenoxy) is 1. The predicted octanol–water partition coefficient (Wildman–Crippen LogP) is 4.04. The third-order valence-electron chi connectivity index (χ3n) is 3.53. The minimum Gasteiger partial charge on any atom is -0.497 e. The lowest BCUT2D eigenvalue weighted by Crippen LogP contribution is -2.23. The molecular weight excluding hydrogens is 288 g/mol. The minimum absolute atomic E-state index is 0.0207. The van der Waals surface area contributed by atoms with Crippen LogP contribution in [-0.2, 0) is 10.2 Å². The van der Waals surface area contributed by atoms with Gasteiger partial charge in [0.2, 0.25) is 5.91 Å². The molecule has 0 aliphatic carbocycles. The summed E-state index contributed by atoms with van der Waals surface area (Å²) in [6, 6.07) is 15.4. The van der Waals surface area contributed by atoms with Crippen LogP contribution in [0, 0.1) is 0 Å². The van der Waals surface area contributed by atoms with Gasteiger partial charge in [-0.3, -0.25) is 4.79 Å². The highest BCUT2D eigenvalue weighted by Gasteiger charge is 2.17. The van der Waals surface area contributed by atoms with Crippen LogP contribution < -0.4 is 15.4 Å². The van der Waals surface area contributed by atoms with Crippen LogP contribution in [0.3, 0.4) is 0 Å². The fourth-order valence-corrected chi connectivity index (χ4v) is 2.37. The average molecular weight is 312 g/mol. The number of para-hydroxylation sites is 1. The number of carbonyl (C=O) groups is 1. The van der Waals surface area contributed by atoms with Gasteiger partial charge in [-0.2, -0.15) is 0 Å². The zero-order chi connectivity index (χ0) is 16.9. The van der Waals surface area contributed by atoms with Crippen molar-refractivity contribution in [2.75, 3.05) is 24.3 Å². The molecule has 0 spiro atoms. The zero-order valence-electron chi connectivity index (χ0n) is 14.1. The van der Waals surface area contributed by atoms with E-state index >= 15 is 0 Å². The highest BCUT2D eigenvalue weighted by atomic mass is 16.5. The maximum absolute atomic E-state index is 12.1. The van der Waals surface area contributed by atoms with E-state index in [-0.39, 0.29) is 17.9 Å². The first kappa shape index (κ1) is 16.9. The standard InChI is InChI=1S/C19H24N2O2/c1-19(2,3)16-10-5-6-11-17(16)20-13-18(22)21-14-8-7-9-15(12-14)23-4/h5-12,20H,13H2,1-4H3,(H,21,22). The van der Waals surface area contributed by atoms with Crippen LogP contribution >= 0.6 is 0 Å². The van der Waals surface area contributed by atoms with E-state index in [0.717, 1.165) is 11.4 Å². The second kappa shape index (κ2) is 7.18. The maximum Gasteiger partial charge on any atom is 0.243 e. The van der Waals surface area contributed by atoms with E-state index in [1.165, 1.54) is 5.56 Å². The van der Waals surface area contributed by atoms with Crippen molar-refractivity contribution >= 4 is 17.3 Å². The van der Waals surface area contributed by atoms with Crippen LogP contribution in [0.4, 0.5) is 11.4 Å². The SMILES string of the molecule is COc1cccc(NC(=O)CNc2ccccc2C(C)(C)C)c1. The number of rotatable bonds is 5. The first-order valence-electron chi connectivity index (χ1n) is 7.67. The van der Waals surface area contributed by atoms with E-state index in [4.69, 9.17) is 4.74 Å². The summed E-state index contributed by atoms with van der Waals surface area (Å²) in [5.41, 5.74) is 2.92. The maximum atomic E-state index is 12.1. The Hall–Kier alpha value is -2.49. The van der Waals surface area contributed by atoms with Crippen molar-refractivity contribution in [2.24, 2.45) is 0 Å². The van der Waals surface area contributed by atoms with Gasteiger partial charge in [-0.05, 0) is 29.2 Å². The molecule has 2 rings (SSSR count). The van der Waals surface area contributed by atoms with E-state index in [9.17, 15) is 4.79 Å². The first-order chi connectivity index (χ1) is 10.9. The van der Waals surface area contributed by atoms with E-state index in [1.807, 2.05) is 36.4 Å². The summed E-state index contributed by atoms with van der Waals surface area (Å²) >= 11 is 0. The van der Waals surface area contributed by atoms with Crippen molar-refractivity contribution in [1.82, 2.24) is 0 Å². The summed E-state index contributed by atoms with van der Waals surface area (Å²) in [4.78, 5) is 12.1. The summed E-state index contributed by atoms with van der Waals surface area (Å²) < 4.78 is 5.15. The van der Waals surface area contributed by atoms with Gasteiger partial charge in [0, 0.05) is 17.4 Å². The summed E-state index contributed by atoms with van der Waals surface area (Å²) in [5, 5.41) is 6.09. The van der Waals surface area contributed by atoms with Gasteiger partial charge >= 0.3 is 0 Å². The van der Waals surface area contributed by atoms with Crippen LogP contribution in [-0.4, -0.2) is 19.6 Å². The molecule has 0 aromatic heterocycles. The van der Waals surface area contributed by atoms with Gasteiger partial charge in [-0.1, -0.05) is 45.0 Å². The zero-order valence-corrected chi connectivity index (χ0v) is 14.1. The number of nitrogens with one attached hydrogen (secondary N) is 2. The van der Waals surface area contributed by atoms with Gasteiger partial charge in [0.05, 0.1) is 13.7 Å². The second-order valence-corrected chi connectivity index (χ2v) is 6.43. The fraction of sp³-hybridized carbons (Fsp3) is 0.316. The van der Waals surface area contributed by atoms with Crippen LogP contribution in [0.15, 0.2) is 48.5 Å². The molecule has 4 nitrogen and oxygen atoms in total. The molecule has 0 saturated carbocycles. The van der Waals surface area contributed by atoms with Gasteiger partial charge in [0.15, 0.2) is 0 Å². The molecule has 0 fully saturated rings. The number of anilines is 2. The monoisotopic (exact) mass is 312 g/mol. The molecule has 122 valence electrons. The second-order valence-electron chi connectivity index (χ2n) is 6.43. The molecule has 0 bridgehead atoms. The molecule has 0 heterocycles. The number of hydrogen-bond donors (Lipinski definition) is 2. The number of benzene rings is 2. The molecule has 0 radical (unpaired) electrons. The summed E-state index contributed by atoms with van der Waals surface area (Å²) in [6.45, 7) is 6.68. The average Bonchev–Trinajstić information content (AvgIpc) is 2.52. The molecule has 23 heavy (non-hydrogen) atoms. The van der Waals surface area contributed by atoms with Gasteiger partial charge in [-0.25, -0.2) is 0 Å². The van der Waals surface area contributed by atoms with E-state index in [2.05, 4.69) is 37.5 Å². The lowest BCUT2D eigenvalue weighted by atomic mass is 9.86. The molecule has 1 amide bonds. The highest BCUT2D eigenvalue weighted by Crippen LogP contribution is 2.29. The Balaban J connectivity index is 2.00. The topological polar surface area (TPSA) is 50.4 Å². The van der Waals surface area contributed by atoms with Gasteiger partial charge in [0.1, 0.15) is 5.75 Å². The summed E-state index contributed by atoms with van der Waals surface area (Å²) in [7, 11) is 1.60. The normalized spacial score (nSPS) is 11.0. The van der Waals surface area contributed by atoms with Crippen LogP contribution in [0.1, 0.15) is 26.3 Å². The lowest BCUT2D eigenvalue weighted by Gasteiger charge is -2.23. The van der Waals surface area contributed by atoms with Crippen molar-refractivity contribution in [3.05, 3.63) is 54.1 Å². The molecular formula is C19H24N2O2. The summed E-state index contributed by atoms with van der Waals surface area (Å²) in [6.07, 6.45) is 0. The Labute approximate surface area is 137 Å². The molecule has 2 N–H and O–H groups in total. The minimum atomic E-state index is -0.0954. The van der Waals surface area contributed by atoms with Gasteiger partial charge < -0.3 is 15.4 Å². The Kier molecular flexibility index (Phi) is 5.27. The highest BCUT2D eigenvalue weighted by molar-refractivity contribution is 5.94. The Morgan fingerprint density at radius 1 is 1.09 bits per heavy atom. The molecule has 2 aromatic carbocycles. The molecule has 0 aliphatic rings. The van der Waals surface area contributed by atoms with E-state index < -0.39 is 0 Å². The number of carbonyl (C=O) groups excluding carboxylic acids is 1. The van der Waals surface area contributed by atoms with E-state index in [1.54, 1.807) is 13.2 Å². The molecule has 2 aromatic rings. The van der Waals surface area contributed by atoms with E-state index in [0.29, 0.717) is 5.75 Å². The van der Waals surface area contributed by atoms with Gasteiger partial charge in [0.25, 0.3) is 0 Å². The third kappa shape index (κ3) is 4.74. The van der Waals surface area contributed by atoms with Crippen LogP contribution in [0.2, 0.25) is 0 Å². The number of methoxy groups -OCH3 is 1. The van der Waals surface area contributed by atoms with Crippen molar-refractivity contribution in [1.29, 1.82) is 0 Å². The third-order valence-corrected chi connectivity index (χ3v) is 3.53. The van der Waals surface area contributed by atoms with Crippen molar-refractivity contribution in [2.45, 2.75) is 26.2 Å². The quantitative estimate of drug-likeness (QED) is 0.876. The predicted molar refractivity (Wildman–Crippen MR) is 95.3 cm³/mol. The Morgan fingerprint density at radius 3 is 2.52 bits per heavy atom.